The molecule has 2 amide bonds. The molecular formula is C21H27F3N4O3. The number of amides is 2. The number of primary amides is 1. The van der Waals surface area contributed by atoms with Crippen LogP contribution in [0, 0.1) is 0 Å². The third-order valence-corrected chi connectivity index (χ3v) is 5.11. The lowest BCUT2D eigenvalue weighted by atomic mass is 9.98. The van der Waals surface area contributed by atoms with Crippen LogP contribution in [0.25, 0.3) is 0 Å². The summed E-state index contributed by atoms with van der Waals surface area (Å²) in [6.07, 6.45) is 1.49. The molecule has 1 aromatic carbocycles. The normalized spacial score (nSPS) is 15.5. The Labute approximate surface area is 178 Å². The number of carbonyl (C=O) groups is 2. The number of rotatable bonds is 4. The van der Waals surface area contributed by atoms with E-state index in [1.807, 2.05) is 0 Å². The Balaban J connectivity index is 0.000000412. The monoisotopic (exact) mass is 440 g/mol. The number of hydrogen-bond donors (Lipinski definition) is 3. The van der Waals surface area contributed by atoms with Crippen LogP contribution < -0.4 is 11.1 Å². The Hall–Kier alpha value is -2.88. The van der Waals surface area contributed by atoms with Crippen molar-refractivity contribution in [2.24, 2.45) is 5.73 Å². The Kier molecular flexibility index (Phi) is 8.21. The summed E-state index contributed by atoms with van der Waals surface area (Å²) in [6.45, 7) is 1.63. The molecule has 0 radical (unpaired) electrons. The summed E-state index contributed by atoms with van der Waals surface area (Å²) in [5.74, 6) is -1.30. The molecule has 1 fully saturated rings. The van der Waals surface area contributed by atoms with E-state index >= 15 is 0 Å². The van der Waals surface area contributed by atoms with Gasteiger partial charge in [-0.1, -0.05) is 31.4 Å². The number of nitrogens with zero attached hydrogens (tertiary/aromatic N) is 2. The number of benzene rings is 1. The predicted octanol–water partition coefficient (Wildman–Crippen LogP) is 3.28. The molecule has 2 aromatic rings. The van der Waals surface area contributed by atoms with Gasteiger partial charge in [-0.2, -0.15) is 18.3 Å². The molecule has 170 valence electrons. The van der Waals surface area contributed by atoms with Crippen molar-refractivity contribution in [3.63, 3.8) is 0 Å². The summed E-state index contributed by atoms with van der Waals surface area (Å²) in [5.41, 5.74) is 4.97. The number of alkyl halides is 3. The topological polar surface area (TPSA) is 110 Å². The minimum atomic E-state index is -4.43. The molecule has 1 heterocycles. The molecule has 0 saturated heterocycles. The van der Waals surface area contributed by atoms with E-state index in [4.69, 9.17) is 10.8 Å². The highest BCUT2D eigenvalue weighted by molar-refractivity contribution is 5.97. The third kappa shape index (κ3) is 6.55. The van der Waals surface area contributed by atoms with Gasteiger partial charge in [-0.3, -0.25) is 14.3 Å². The van der Waals surface area contributed by atoms with E-state index in [9.17, 15) is 22.8 Å². The molecule has 31 heavy (non-hydrogen) atoms. The van der Waals surface area contributed by atoms with E-state index in [2.05, 4.69) is 10.4 Å². The molecule has 7 nitrogen and oxygen atoms in total. The van der Waals surface area contributed by atoms with E-state index < -0.39 is 29.6 Å². The summed E-state index contributed by atoms with van der Waals surface area (Å²) in [4.78, 5) is 23.2. The van der Waals surface area contributed by atoms with Crippen LogP contribution in [-0.2, 0) is 6.18 Å². The van der Waals surface area contributed by atoms with Gasteiger partial charge in [-0.25, -0.2) is 0 Å². The molecule has 0 aliphatic heterocycles. The number of aromatic nitrogens is 2. The van der Waals surface area contributed by atoms with Crippen molar-refractivity contribution in [2.45, 2.75) is 57.3 Å². The third-order valence-electron chi connectivity index (χ3n) is 5.11. The number of carbonyl (C=O) groups excluding carboxylic acids is 2. The van der Waals surface area contributed by atoms with Crippen molar-refractivity contribution in [1.29, 1.82) is 0 Å². The van der Waals surface area contributed by atoms with Gasteiger partial charge in [0, 0.05) is 13.1 Å². The first kappa shape index (κ1) is 24.4. The van der Waals surface area contributed by atoms with Crippen LogP contribution in [0.5, 0.6) is 0 Å². The van der Waals surface area contributed by atoms with Crippen LogP contribution in [0.3, 0.4) is 0 Å². The van der Waals surface area contributed by atoms with Crippen LogP contribution >= 0.6 is 0 Å². The van der Waals surface area contributed by atoms with Crippen LogP contribution in [0.4, 0.5) is 13.2 Å². The van der Waals surface area contributed by atoms with Gasteiger partial charge in [0.05, 0.1) is 17.7 Å². The number of nitrogens with one attached hydrogen (secondary N) is 1. The van der Waals surface area contributed by atoms with Crippen molar-refractivity contribution in [3.8, 4) is 0 Å². The fourth-order valence-electron chi connectivity index (χ4n) is 3.29. The van der Waals surface area contributed by atoms with Crippen LogP contribution in [0.1, 0.15) is 77.2 Å². The molecule has 4 N–H and O–H groups in total. The van der Waals surface area contributed by atoms with E-state index in [-0.39, 0.29) is 17.5 Å². The molecule has 1 aliphatic carbocycles. The van der Waals surface area contributed by atoms with Crippen molar-refractivity contribution in [1.82, 2.24) is 15.1 Å². The minimum Gasteiger partial charge on any atom is -0.393 e. The quantitative estimate of drug-likeness (QED) is 0.678. The summed E-state index contributed by atoms with van der Waals surface area (Å²) >= 11 is 0. The second-order valence-corrected chi connectivity index (χ2v) is 7.39. The van der Waals surface area contributed by atoms with Crippen molar-refractivity contribution in [3.05, 3.63) is 52.8 Å². The molecular weight excluding hydrogens is 413 g/mol. The van der Waals surface area contributed by atoms with Gasteiger partial charge >= 0.3 is 6.18 Å². The highest BCUT2D eigenvalue weighted by Gasteiger charge is 2.30. The maximum Gasteiger partial charge on any atom is 0.416 e. The van der Waals surface area contributed by atoms with Crippen molar-refractivity contribution < 1.29 is 27.9 Å². The minimum absolute atomic E-state index is 0.00920. The molecule has 1 aromatic heterocycles. The molecule has 10 heteroatoms. The van der Waals surface area contributed by atoms with E-state index in [1.165, 1.54) is 49.2 Å². The van der Waals surface area contributed by atoms with Gasteiger partial charge in [0.1, 0.15) is 5.69 Å². The van der Waals surface area contributed by atoms with E-state index in [1.54, 1.807) is 6.92 Å². The largest absolute Gasteiger partial charge is 0.416 e. The highest BCUT2D eigenvalue weighted by atomic mass is 19.4. The zero-order chi connectivity index (χ0) is 23.2. The van der Waals surface area contributed by atoms with Crippen molar-refractivity contribution >= 4 is 11.8 Å². The maximum atomic E-state index is 12.6. The average molecular weight is 440 g/mol. The zero-order valence-corrected chi connectivity index (χ0v) is 17.4. The van der Waals surface area contributed by atoms with Gasteiger partial charge in [0.2, 0.25) is 0 Å². The Morgan fingerprint density at radius 2 is 1.77 bits per heavy atom. The highest BCUT2D eigenvalue weighted by Crippen LogP contribution is 2.30. The Morgan fingerprint density at radius 1 is 1.19 bits per heavy atom. The Bertz CT molecular complexity index is 888. The standard InChI is InChI=1S/C15H15F3N4O2.C6H12O/c1-8(9-3-5-10(6-4-9)15(16,17)18)22-12(13(19)23)7-11(21-22)14(24)20-2;7-6-4-2-1-3-5-6/h3-8H,1-2H3,(H2,19,23)(H,20,24);6-7H,1-5H2. The second-order valence-electron chi connectivity index (χ2n) is 7.39. The summed E-state index contributed by atoms with van der Waals surface area (Å²) in [5, 5.41) is 15.3. The summed E-state index contributed by atoms with van der Waals surface area (Å²) < 4.78 is 39.1. The first-order valence-electron chi connectivity index (χ1n) is 10.0. The number of aliphatic hydroxyl groups excluding tert-OH is 1. The number of aliphatic hydroxyl groups is 1. The zero-order valence-electron chi connectivity index (χ0n) is 17.4. The maximum absolute atomic E-state index is 12.6. The molecule has 1 unspecified atom stereocenters. The van der Waals surface area contributed by atoms with Crippen LogP contribution in [0.2, 0.25) is 0 Å². The van der Waals surface area contributed by atoms with Gasteiger partial charge < -0.3 is 16.2 Å². The molecule has 1 saturated carbocycles. The van der Waals surface area contributed by atoms with Gasteiger partial charge in [-0.15, -0.1) is 0 Å². The number of halogens is 3. The molecule has 1 atom stereocenters. The average Bonchev–Trinajstić information content (AvgIpc) is 3.19. The van der Waals surface area contributed by atoms with Gasteiger partial charge in [0.15, 0.2) is 5.69 Å². The van der Waals surface area contributed by atoms with E-state index in [0.717, 1.165) is 25.0 Å². The second kappa shape index (κ2) is 10.4. The summed E-state index contributed by atoms with van der Waals surface area (Å²) in [7, 11) is 1.41. The fourth-order valence-corrected chi connectivity index (χ4v) is 3.29. The fraction of sp³-hybridized carbons (Fsp3) is 0.476. The van der Waals surface area contributed by atoms with E-state index in [0.29, 0.717) is 5.56 Å². The number of nitrogens with two attached hydrogens (primary N) is 1. The van der Waals surface area contributed by atoms with Crippen molar-refractivity contribution in [2.75, 3.05) is 7.05 Å². The van der Waals surface area contributed by atoms with Crippen LogP contribution in [-0.4, -0.2) is 39.9 Å². The summed E-state index contributed by atoms with van der Waals surface area (Å²) in [6, 6.07) is 5.12. The van der Waals surface area contributed by atoms with Gasteiger partial charge in [0.25, 0.3) is 11.8 Å². The molecule has 0 bridgehead atoms. The SMILES string of the molecule is CNC(=O)c1cc(C(N)=O)n(C(C)c2ccc(C(F)(F)F)cc2)n1.OC1CCCCC1. The lowest BCUT2D eigenvalue weighted by Crippen LogP contribution is -2.21. The first-order chi connectivity index (χ1) is 14.5. The predicted molar refractivity (Wildman–Crippen MR) is 108 cm³/mol. The lowest BCUT2D eigenvalue weighted by molar-refractivity contribution is -0.137. The molecule has 1 aliphatic rings. The smallest absolute Gasteiger partial charge is 0.393 e. The lowest BCUT2D eigenvalue weighted by Gasteiger charge is -2.16. The van der Waals surface area contributed by atoms with Crippen LogP contribution in [0.15, 0.2) is 30.3 Å². The first-order valence-corrected chi connectivity index (χ1v) is 10.0. The molecule has 3 rings (SSSR count). The number of hydrogen-bond acceptors (Lipinski definition) is 4. The van der Waals surface area contributed by atoms with Gasteiger partial charge in [-0.05, 0) is 37.5 Å². The Morgan fingerprint density at radius 3 is 2.19 bits per heavy atom. The molecule has 0 spiro atoms.